The molecule has 4 rings (SSSR count). The highest BCUT2D eigenvalue weighted by Gasteiger charge is 2.24. The van der Waals surface area contributed by atoms with Crippen molar-refractivity contribution in [3.8, 4) is 5.75 Å². The molecule has 0 saturated heterocycles. The number of benzene rings is 1. The van der Waals surface area contributed by atoms with E-state index in [2.05, 4.69) is 11.9 Å². The Labute approximate surface area is 173 Å². The van der Waals surface area contributed by atoms with Crippen LogP contribution in [0.2, 0.25) is 0 Å². The van der Waals surface area contributed by atoms with Crippen LogP contribution in [-0.2, 0) is 19.4 Å². The smallest absolute Gasteiger partial charge is 0.259 e. The van der Waals surface area contributed by atoms with Gasteiger partial charge in [-0.05, 0) is 62.4 Å². The summed E-state index contributed by atoms with van der Waals surface area (Å²) in [7, 11) is 3.39. The Morgan fingerprint density at radius 2 is 2.24 bits per heavy atom. The topological polar surface area (TPSA) is 58.2 Å². The van der Waals surface area contributed by atoms with Crippen LogP contribution in [0, 0.1) is 11.7 Å². The normalized spacial score (nSPS) is 17.5. The van der Waals surface area contributed by atoms with Gasteiger partial charge in [0.25, 0.3) is 5.56 Å². The van der Waals surface area contributed by atoms with Crippen molar-refractivity contribution in [2.45, 2.75) is 45.7 Å². The second kappa shape index (κ2) is 7.88. The van der Waals surface area contributed by atoms with E-state index in [1.54, 1.807) is 17.4 Å². The highest BCUT2D eigenvalue weighted by Crippen LogP contribution is 2.36. The van der Waals surface area contributed by atoms with E-state index < -0.39 is 0 Å². The average Bonchev–Trinajstić information content (AvgIpc) is 3.05. The molecule has 5 nitrogen and oxygen atoms in total. The Morgan fingerprint density at radius 1 is 1.45 bits per heavy atom. The van der Waals surface area contributed by atoms with Crippen LogP contribution in [0.1, 0.15) is 48.1 Å². The molecule has 2 heterocycles. The number of rotatable bonds is 5. The maximum absolute atomic E-state index is 14.0. The van der Waals surface area contributed by atoms with Gasteiger partial charge in [0.05, 0.1) is 18.5 Å². The van der Waals surface area contributed by atoms with Crippen molar-refractivity contribution in [1.82, 2.24) is 14.9 Å². The van der Waals surface area contributed by atoms with Crippen molar-refractivity contribution in [2.75, 3.05) is 14.2 Å². The Morgan fingerprint density at radius 3 is 2.97 bits per heavy atom. The molecule has 2 aromatic heterocycles. The first-order valence-electron chi connectivity index (χ1n) is 9.94. The summed E-state index contributed by atoms with van der Waals surface area (Å²) >= 11 is 1.66. The molecule has 0 spiro atoms. The number of H-pyrrole nitrogens is 1. The second-order valence-electron chi connectivity index (χ2n) is 8.04. The van der Waals surface area contributed by atoms with Crippen LogP contribution < -0.4 is 10.3 Å². The van der Waals surface area contributed by atoms with Gasteiger partial charge < -0.3 is 9.72 Å². The molecule has 2 unspecified atom stereocenters. The third kappa shape index (κ3) is 3.81. The molecule has 0 amide bonds. The van der Waals surface area contributed by atoms with E-state index >= 15 is 0 Å². The number of aryl methyl sites for hydroxylation is 1. The lowest BCUT2D eigenvalue weighted by Gasteiger charge is -2.24. The van der Waals surface area contributed by atoms with E-state index in [0.29, 0.717) is 18.3 Å². The van der Waals surface area contributed by atoms with Gasteiger partial charge in [0.2, 0.25) is 0 Å². The molecule has 2 atom stereocenters. The number of ether oxygens (including phenoxy) is 1. The van der Waals surface area contributed by atoms with Crippen molar-refractivity contribution >= 4 is 21.6 Å². The molecule has 7 heteroatoms. The maximum atomic E-state index is 14.0. The predicted octanol–water partition coefficient (Wildman–Crippen LogP) is 4.45. The Kier molecular flexibility index (Phi) is 5.44. The molecular weight excluding hydrogens is 389 g/mol. The van der Waals surface area contributed by atoms with Gasteiger partial charge in [-0.15, -0.1) is 11.3 Å². The van der Waals surface area contributed by atoms with Crippen LogP contribution in [0.15, 0.2) is 23.0 Å². The minimum Gasteiger partial charge on any atom is -0.494 e. The van der Waals surface area contributed by atoms with Crippen LogP contribution in [0.4, 0.5) is 4.39 Å². The van der Waals surface area contributed by atoms with Crippen molar-refractivity contribution in [3.05, 3.63) is 56.2 Å². The van der Waals surface area contributed by atoms with Crippen LogP contribution in [0.5, 0.6) is 5.75 Å². The van der Waals surface area contributed by atoms with E-state index in [1.165, 1.54) is 23.6 Å². The minimum atomic E-state index is -0.377. The zero-order valence-electron chi connectivity index (χ0n) is 17.2. The molecule has 0 aliphatic heterocycles. The number of halogens is 1. The van der Waals surface area contributed by atoms with Gasteiger partial charge in [-0.25, -0.2) is 9.37 Å². The first-order valence-corrected chi connectivity index (χ1v) is 10.8. The molecule has 0 fully saturated rings. The standard InChI is InChI=1S/C22H26FN3O2S/c1-12-5-7-15-18(9-12)29-22-19(15)21(27)24-20(25-22)13(2)26(3)11-14-6-8-17(28-4)16(23)10-14/h6,8,10,12-13H,5,7,9,11H2,1-4H3,(H,24,25,27). The number of aromatic amines is 1. The molecule has 3 aromatic rings. The third-order valence-electron chi connectivity index (χ3n) is 5.89. The summed E-state index contributed by atoms with van der Waals surface area (Å²) in [6.07, 6.45) is 3.11. The van der Waals surface area contributed by atoms with Crippen molar-refractivity contribution in [3.63, 3.8) is 0 Å². The molecule has 1 N–H and O–H groups in total. The zero-order chi connectivity index (χ0) is 20.7. The number of methoxy groups -OCH3 is 1. The zero-order valence-corrected chi connectivity index (χ0v) is 18.0. The molecule has 154 valence electrons. The molecule has 1 aliphatic carbocycles. The lowest BCUT2D eigenvalue weighted by atomic mass is 9.89. The highest BCUT2D eigenvalue weighted by atomic mass is 32.1. The van der Waals surface area contributed by atoms with Gasteiger partial charge in [-0.1, -0.05) is 13.0 Å². The quantitative estimate of drug-likeness (QED) is 0.669. The third-order valence-corrected chi connectivity index (χ3v) is 7.04. The van der Waals surface area contributed by atoms with E-state index in [-0.39, 0.29) is 23.2 Å². The fraction of sp³-hybridized carbons (Fsp3) is 0.455. The highest BCUT2D eigenvalue weighted by molar-refractivity contribution is 7.18. The van der Waals surface area contributed by atoms with Crippen LogP contribution in [-0.4, -0.2) is 29.0 Å². The van der Waals surface area contributed by atoms with Gasteiger partial charge in [0.15, 0.2) is 11.6 Å². The first kappa shape index (κ1) is 20.0. The number of aromatic nitrogens is 2. The lowest BCUT2D eigenvalue weighted by molar-refractivity contribution is 0.243. The first-order chi connectivity index (χ1) is 13.9. The summed E-state index contributed by atoms with van der Waals surface area (Å²) in [4.78, 5) is 24.8. The summed E-state index contributed by atoms with van der Waals surface area (Å²) in [6.45, 7) is 4.79. The van der Waals surface area contributed by atoms with Crippen LogP contribution in [0.3, 0.4) is 0 Å². The number of hydrogen-bond acceptors (Lipinski definition) is 5. The number of fused-ring (bicyclic) bond motifs is 3. The largest absolute Gasteiger partial charge is 0.494 e. The Bertz CT molecular complexity index is 1110. The molecule has 0 radical (unpaired) electrons. The van der Waals surface area contributed by atoms with Crippen molar-refractivity contribution in [1.29, 1.82) is 0 Å². The van der Waals surface area contributed by atoms with Gasteiger partial charge in [0.1, 0.15) is 10.7 Å². The Balaban J connectivity index is 1.60. The summed E-state index contributed by atoms with van der Waals surface area (Å²) in [5.74, 6) is 1.16. The van der Waals surface area contributed by atoms with Crippen LogP contribution >= 0.6 is 11.3 Å². The number of hydrogen-bond donors (Lipinski definition) is 1. The van der Waals surface area contributed by atoms with E-state index in [9.17, 15) is 9.18 Å². The van der Waals surface area contributed by atoms with E-state index in [4.69, 9.17) is 9.72 Å². The fourth-order valence-corrected chi connectivity index (χ4v) is 5.40. The molecule has 29 heavy (non-hydrogen) atoms. The minimum absolute atomic E-state index is 0.0483. The summed E-state index contributed by atoms with van der Waals surface area (Å²) < 4.78 is 19.0. The number of nitrogens with zero attached hydrogens (tertiary/aromatic N) is 2. The van der Waals surface area contributed by atoms with Crippen molar-refractivity contribution < 1.29 is 9.13 Å². The molecule has 1 aliphatic rings. The SMILES string of the molecule is COc1ccc(CN(C)C(C)c2nc3sc4c(c3c(=O)[nH]2)CCC(C)C4)cc1F. The summed E-state index contributed by atoms with van der Waals surface area (Å²) in [6, 6.07) is 4.84. The van der Waals surface area contributed by atoms with E-state index in [0.717, 1.165) is 35.0 Å². The molecule has 0 saturated carbocycles. The maximum Gasteiger partial charge on any atom is 0.259 e. The van der Waals surface area contributed by atoms with E-state index in [1.807, 2.05) is 24.9 Å². The molecule has 1 aromatic carbocycles. The van der Waals surface area contributed by atoms with Gasteiger partial charge in [-0.3, -0.25) is 9.69 Å². The summed E-state index contributed by atoms with van der Waals surface area (Å²) in [5, 5.41) is 0.771. The monoisotopic (exact) mass is 415 g/mol. The molecular formula is C22H26FN3O2S. The van der Waals surface area contributed by atoms with Crippen molar-refractivity contribution in [2.24, 2.45) is 5.92 Å². The van der Waals surface area contributed by atoms with Crippen LogP contribution in [0.25, 0.3) is 10.2 Å². The lowest BCUT2D eigenvalue weighted by Crippen LogP contribution is -2.26. The van der Waals surface area contributed by atoms with Gasteiger partial charge in [0, 0.05) is 11.4 Å². The average molecular weight is 416 g/mol. The fourth-order valence-electron chi connectivity index (χ4n) is 4.01. The van der Waals surface area contributed by atoms with Gasteiger partial charge >= 0.3 is 0 Å². The number of nitrogens with one attached hydrogen (secondary N) is 1. The predicted molar refractivity (Wildman–Crippen MR) is 114 cm³/mol. The second-order valence-corrected chi connectivity index (χ2v) is 9.13. The summed E-state index contributed by atoms with van der Waals surface area (Å²) in [5.41, 5.74) is 1.98. The number of thiophene rings is 1. The molecule has 0 bridgehead atoms. The van der Waals surface area contributed by atoms with Gasteiger partial charge in [-0.2, -0.15) is 0 Å². The Hall–Kier alpha value is -2.25.